The standard InChI is InChI=1S/2C10H12S3.Ni/c2*1-5-7-3-4-8(11)10(12)9(7)6(2)13-5;/h2*11-12H,3-4H2,1-2H3;/p-4. The SMILES string of the molecule is Cc1sc(C)c2c1CCC([S-])=C2[S-].Cc1sc(C)c2c1CCC([S-])=C2[S-].[Ni]. The molecule has 27 heavy (non-hydrogen) atoms. The predicted molar refractivity (Wildman–Crippen MR) is 128 cm³/mol. The summed E-state index contributed by atoms with van der Waals surface area (Å²) in [6.07, 6.45) is 4.12. The monoisotopic (exact) mass is 510 g/mol. The Morgan fingerprint density at radius 1 is 0.556 bits per heavy atom. The van der Waals surface area contributed by atoms with Crippen molar-refractivity contribution >= 4 is 83.0 Å². The number of thiophene rings is 2. The van der Waals surface area contributed by atoms with Gasteiger partial charge in [-0.25, -0.2) is 9.81 Å². The zero-order valence-corrected chi connectivity index (χ0v) is 21.5. The van der Waals surface area contributed by atoms with Crippen molar-refractivity contribution in [1.29, 1.82) is 0 Å². The normalized spacial score (nSPS) is 15.6. The second-order valence-corrected chi connectivity index (χ2v) is 11.3. The van der Waals surface area contributed by atoms with E-state index in [4.69, 9.17) is 50.5 Å². The van der Waals surface area contributed by atoms with E-state index in [0.717, 1.165) is 45.3 Å². The third kappa shape index (κ3) is 4.55. The molecule has 0 aliphatic heterocycles. The Bertz CT molecular complexity index is 853. The first-order valence-electron chi connectivity index (χ1n) is 8.55. The summed E-state index contributed by atoms with van der Waals surface area (Å²) in [5, 5.41) is 0. The van der Waals surface area contributed by atoms with Crippen LogP contribution < -0.4 is 0 Å². The van der Waals surface area contributed by atoms with Crippen molar-refractivity contribution in [3.8, 4) is 0 Å². The van der Waals surface area contributed by atoms with Crippen molar-refractivity contribution < 1.29 is 16.5 Å². The van der Waals surface area contributed by atoms with Gasteiger partial charge in [-0.2, -0.15) is 9.81 Å². The summed E-state index contributed by atoms with van der Waals surface area (Å²) in [4.78, 5) is 9.30. The summed E-state index contributed by atoms with van der Waals surface area (Å²) in [6, 6.07) is 0. The van der Waals surface area contributed by atoms with Gasteiger partial charge < -0.3 is 50.5 Å². The fourth-order valence-corrected chi connectivity index (χ4v) is 7.16. The maximum absolute atomic E-state index is 5.35. The van der Waals surface area contributed by atoms with Crippen LogP contribution in [0.15, 0.2) is 9.81 Å². The van der Waals surface area contributed by atoms with Gasteiger partial charge in [0.15, 0.2) is 0 Å². The molecule has 0 saturated heterocycles. The van der Waals surface area contributed by atoms with Gasteiger partial charge in [0.1, 0.15) is 0 Å². The van der Waals surface area contributed by atoms with Crippen LogP contribution in [0.4, 0.5) is 0 Å². The topological polar surface area (TPSA) is 0 Å². The second kappa shape index (κ2) is 9.38. The molecule has 0 spiro atoms. The molecule has 2 aliphatic rings. The summed E-state index contributed by atoms with van der Waals surface area (Å²) >= 11 is 24.9. The minimum atomic E-state index is 0. The van der Waals surface area contributed by atoms with Crippen molar-refractivity contribution in [2.45, 2.75) is 53.4 Å². The zero-order valence-electron chi connectivity index (χ0n) is 15.6. The van der Waals surface area contributed by atoms with Crippen molar-refractivity contribution in [3.63, 3.8) is 0 Å². The van der Waals surface area contributed by atoms with E-state index in [0.29, 0.717) is 0 Å². The van der Waals surface area contributed by atoms with Gasteiger partial charge in [-0.3, -0.25) is 0 Å². The number of hydrogen-bond donors (Lipinski definition) is 0. The van der Waals surface area contributed by atoms with E-state index in [1.54, 1.807) is 0 Å². The average molecular weight is 511 g/mol. The molecule has 0 fully saturated rings. The number of fused-ring (bicyclic) bond motifs is 2. The van der Waals surface area contributed by atoms with Crippen LogP contribution in [-0.2, 0) is 79.8 Å². The molecular weight excluding hydrogens is 491 g/mol. The van der Waals surface area contributed by atoms with Gasteiger partial charge in [-0.05, 0) is 75.6 Å². The number of hydrogen-bond acceptors (Lipinski definition) is 6. The summed E-state index contributed by atoms with van der Waals surface area (Å²) in [6.45, 7) is 8.62. The van der Waals surface area contributed by atoms with Gasteiger partial charge >= 0.3 is 0 Å². The van der Waals surface area contributed by atoms with E-state index < -0.39 is 0 Å². The summed E-state index contributed by atoms with van der Waals surface area (Å²) in [7, 11) is 0. The maximum Gasteiger partial charge on any atom is 0.00766 e. The molecule has 150 valence electrons. The molecule has 0 radical (unpaired) electrons. The predicted octanol–water partition coefficient (Wildman–Crippen LogP) is 6.14. The van der Waals surface area contributed by atoms with Crippen molar-refractivity contribution in [1.82, 2.24) is 0 Å². The molecule has 4 rings (SSSR count). The van der Waals surface area contributed by atoms with Crippen LogP contribution in [0.3, 0.4) is 0 Å². The van der Waals surface area contributed by atoms with Crippen molar-refractivity contribution in [2.75, 3.05) is 0 Å². The summed E-state index contributed by atoms with van der Waals surface area (Å²) in [5.74, 6) is 0. The van der Waals surface area contributed by atoms with Gasteiger partial charge in [0, 0.05) is 36.0 Å². The minimum Gasteiger partial charge on any atom is -0.785 e. The third-order valence-corrected chi connectivity index (χ3v) is 9.04. The number of rotatable bonds is 0. The number of allylic oxidation sites excluding steroid dienone is 2. The largest absolute Gasteiger partial charge is 0.785 e. The van der Waals surface area contributed by atoms with Crippen LogP contribution in [0.2, 0.25) is 0 Å². The van der Waals surface area contributed by atoms with E-state index in [9.17, 15) is 0 Å². The molecule has 2 aromatic heterocycles. The molecule has 0 unspecified atom stereocenters. The molecule has 7 heteroatoms. The zero-order chi connectivity index (χ0) is 19.2. The fraction of sp³-hybridized carbons (Fsp3) is 0.400. The molecule has 0 bridgehead atoms. The van der Waals surface area contributed by atoms with Crippen LogP contribution in [0.5, 0.6) is 0 Å². The molecule has 0 atom stereocenters. The van der Waals surface area contributed by atoms with E-state index in [1.165, 1.54) is 41.8 Å². The first-order chi connectivity index (χ1) is 12.2. The second-order valence-electron chi connectivity index (χ2n) is 6.64. The van der Waals surface area contributed by atoms with Crippen LogP contribution >= 0.6 is 22.7 Å². The molecule has 2 aliphatic carbocycles. The van der Waals surface area contributed by atoms with E-state index in [1.807, 2.05) is 22.7 Å². The summed E-state index contributed by atoms with van der Waals surface area (Å²) < 4.78 is 0. The Labute approximate surface area is 202 Å². The van der Waals surface area contributed by atoms with Gasteiger partial charge in [-0.1, -0.05) is 0 Å². The maximum atomic E-state index is 5.35. The first kappa shape index (κ1) is 23.5. The molecule has 2 aromatic rings. The summed E-state index contributed by atoms with van der Waals surface area (Å²) in [5.41, 5.74) is 5.43. The van der Waals surface area contributed by atoms with E-state index in [-0.39, 0.29) is 16.5 Å². The Morgan fingerprint density at radius 2 is 0.889 bits per heavy atom. The third-order valence-electron chi connectivity index (χ3n) is 4.93. The molecule has 0 N–H and O–H groups in total. The van der Waals surface area contributed by atoms with Crippen molar-refractivity contribution in [3.05, 3.63) is 51.6 Å². The molecule has 0 nitrogen and oxygen atoms in total. The van der Waals surface area contributed by atoms with Gasteiger partial charge in [-0.15, -0.1) is 22.7 Å². The Kier molecular flexibility index (Phi) is 8.17. The quantitative estimate of drug-likeness (QED) is 0.308. The first-order valence-corrected chi connectivity index (χ1v) is 11.8. The van der Waals surface area contributed by atoms with Crippen LogP contribution in [0.25, 0.3) is 9.81 Å². The fourth-order valence-electron chi connectivity index (χ4n) is 3.64. The Morgan fingerprint density at radius 3 is 1.22 bits per heavy atom. The van der Waals surface area contributed by atoms with Crippen LogP contribution in [0.1, 0.15) is 54.6 Å². The number of aryl methyl sites for hydroxylation is 4. The Hall–Kier alpha value is 0.254. The van der Waals surface area contributed by atoms with Gasteiger partial charge in [0.2, 0.25) is 0 Å². The van der Waals surface area contributed by atoms with Crippen molar-refractivity contribution in [2.24, 2.45) is 0 Å². The van der Waals surface area contributed by atoms with Gasteiger partial charge in [0.05, 0.1) is 0 Å². The van der Waals surface area contributed by atoms with Crippen LogP contribution in [0, 0.1) is 27.7 Å². The molecule has 0 amide bonds. The minimum absolute atomic E-state index is 0. The molecular formula is C20H20NiS6-4. The molecule has 0 saturated carbocycles. The van der Waals surface area contributed by atoms with Gasteiger partial charge in [0.25, 0.3) is 0 Å². The van der Waals surface area contributed by atoms with E-state index in [2.05, 4.69) is 27.7 Å². The smallest absolute Gasteiger partial charge is 0.00766 e. The van der Waals surface area contributed by atoms with Crippen LogP contribution in [-0.4, -0.2) is 0 Å². The molecule has 0 aromatic carbocycles. The average Bonchev–Trinajstić information content (AvgIpc) is 3.04. The molecule has 2 heterocycles. The Balaban J connectivity index is 0.000000187. The van der Waals surface area contributed by atoms with E-state index >= 15 is 0 Å².